The topological polar surface area (TPSA) is 49.8 Å². The minimum absolute atomic E-state index is 0.158. The van der Waals surface area contributed by atoms with E-state index < -0.39 is 5.72 Å². The van der Waals surface area contributed by atoms with E-state index >= 15 is 0 Å². The van der Waals surface area contributed by atoms with Crippen molar-refractivity contribution in [2.24, 2.45) is 0 Å². The Bertz CT molecular complexity index is 459. The molecule has 2 bridgehead atoms. The van der Waals surface area contributed by atoms with Gasteiger partial charge in [-0.3, -0.25) is 10.0 Å². The van der Waals surface area contributed by atoms with Gasteiger partial charge in [0.25, 0.3) is 0 Å². The van der Waals surface area contributed by atoms with E-state index in [1.54, 1.807) is 6.92 Å². The smallest absolute Gasteiger partial charge is 0.250 e. The van der Waals surface area contributed by atoms with Crippen molar-refractivity contribution in [2.45, 2.75) is 31.4 Å². The lowest BCUT2D eigenvalue weighted by atomic mass is 9.81. The molecule has 0 saturated carbocycles. The fraction of sp³-hybridized carbons (Fsp3) is 0.417. The molecule has 1 saturated heterocycles. The van der Waals surface area contributed by atoms with Crippen molar-refractivity contribution in [1.82, 2.24) is 5.06 Å². The van der Waals surface area contributed by atoms with Crippen LogP contribution in [0.1, 0.15) is 31.2 Å². The van der Waals surface area contributed by atoms with Gasteiger partial charge < -0.3 is 4.74 Å². The average Bonchev–Trinajstić information content (AvgIpc) is 2.26. The Morgan fingerprint density at radius 3 is 3.06 bits per heavy atom. The molecule has 0 aromatic heterocycles. The Kier molecular flexibility index (Phi) is 1.80. The molecule has 4 heteroatoms. The van der Waals surface area contributed by atoms with Crippen LogP contribution >= 0.6 is 0 Å². The number of rotatable bonds is 0. The van der Waals surface area contributed by atoms with Crippen LogP contribution in [0.2, 0.25) is 0 Å². The van der Waals surface area contributed by atoms with Crippen molar-refractivity contribution in [3.63, 3.8) is 0 Å². The molecule has 2 aliphatic rings. The number of ether oxygens (including phenoxy) is 1. The molecule has 2 aliphatic heterocycles. The molecule has 16 heavy (non-hydrogen) atoms. The van der Waals surface area contributed by atoms with Crippen LogP contribution in [0.3, 0.4) is 0 Å². The van der Waals surface area contributed by atoms with E-state index in [0.29, 0.717) is 12.8 Å². The molecule has 3 rings (SSSR count). The monoisotopic (exact) mass is 219 g/mol. The van der Waals surface area contributed by atoms with Crippen LogP contribution in [0.25, 0.3) is 0 Å². The van der Waals surface area contributed by atoms with Crippen molar-refractivity contribution in [1.29, 1.82) is 0 Å². The van der Waals surface area contributed by atoms with Crippen LogP contribution < -0.4 is 4.74 Å². The van der Waals surface area contributed by atoms with Gasteiger partial charge in [0.05, 0.1) is 0 Å². The molecule has 2 unspecified atom stereocenters. The third kappa shape index (κ3) is 1.16. The van der Waals surface area contributed by atoms with Gasteiger partial charge in [0.2, 0.25) is 11.6 Å². The SMILES string of the molecule is CC12CC(CC(=O)N1O)c1ccccc1O2. The third-order valence-electron chi connectivity index (χ3n) is 3.42. The van der Waals surface area contributed by atoms with Gasteiger partial charge in [0, 0.05) is 18.8 Å². The average molecular weight is 219 g/mol. The number of fused-ring (bicyclic) bond motifs is 4. The van der Waals surface area contributed by atoms with Crippen molar-refractivity contribution in [3.05, 3.63) is 29.8 Å². The number of nitrogens with zero attached hydrogens (tertiary/aromatic N) is 1. The van der Waals surface area contributed by atoms with Gasteiger partial charge in [0.1, 0.15) is 5.75 Å². The number of carbonyl (C=O) groups excluding carboxylic acids is 1. The zero-order chi connectivity index (χ0) is 11.3. The number of hydroxylamine groups is 2. The van der Waals surface area contributed by atoms with E-state index in [-0.39, 0.29) is 11.8 Å². The molecule has 1 fully saturated rings. The molecule has 1 N–H and O–H groups in total. The normalized spacial score (nSPS) is 32.0. The molecule has 1 aromatic rings. The highest BCUT2D eigenvalue weighted by atomic mass is 16.6. The highest BCUT2D eigenvalue weighted by Gasteiger charge is 2.48. The van der Waals surface area contributed by atoms with Gasteiger partial charge in [-0.15, -0.1) is 0 Å². The van der Waals surface area contributed by atoms with Crippen molar-refractivity contribution in [2.75, 3.05) is 0 Å². The number of carbonyl (C=O) groups is 1. The molecule has 1 amide bonds. The third-order valence-corrected chi connectivity index (χ3v) is 3.42. The predicted octanol–water partition coefficient (Wildman–Crippen LogP) is 1.89. The molecular formula is C12H13NO3. The highest BCUT2D eigenvalue weighted by molar-refractivity contribution is 5.78. The lowest BCUT2D eigenvalue weighted by Gasteiger charge is -2.47. The maximum absolute atomic E-state index is 11.6. The van der Waals surface area contributed by atoms with E-state index in [1.165, 1.54) is 0 Å². The summed E-state index contributed by atoms with van der Waals surface area (Å²) in [5.74, 6) is 0.659. The lowest BCUT2D eigenvalue weighted by Crippen LogP contribution is -2.58. The summed E-state index contributed by atoms with van der Waals surface area (Å²) in [5, 5.41) is 10.5. The molecule has 4 nitrogen and oxygen atoms in total. The standard InChI is InChI=1S/C12H13NO3/c1-12-7-8(6-11(14)13(12)15)9-4-2-3-5-10(9)16-12/h2-5,8,15H,6-7H2,1H3. The van der Waals surface area contributed by atoms with Gasteiger partial charge in [-0.2, -0.15) is 5.06 Å². The lowest BCUT2D eigenvalue weighted by molar-refractivity contribution is -0.252. The summed E-state index contributed by atoms with van der Waals surface area (Å²) in [7, 11) is 0. The molecule has 1 aromatic carbocycles. The number of hydrogen-bond acceptors (Lipinski definition) is 3. The van der Waals surface area contributed by atoms with Gasteiger partial charge in [-0.25, -0.2) is 0 Å². The van der Waals surface area contributed by atoms with Crippen LogP contribution in [-0.4, -0.2) is 21.9 Å². The first-order valence-electron chi connectivity index (χ1n) is 5.40. The van der Waals surface area contributed by atoms with E-state index in [1.807, 2.05) is 24.3 Å². The summed E-state index contributed by atoms with van der Waals surface area (Å²) >= 11 is 0. The van der Waals surface area contributed by atoms with E-state index in [9.17, 15) is 10.0 Å². The number of benzene rings is 1. The van der Waals surface area contributed by atoms with E-state index in [4.69, 9.17) is 4.74 Å². The van der Waals surface area contributed by atoms with Crippen LogP contribution in [-0.2, 0) is 4.79 Å². The molecule has 84 valence electrons. The number of para-hydroxylation sites is 1. The zero-order valence-electron chi connectivity index (χ0n) is 9.01. The quantitative estimate of drug-likeness (QED) is 0.678. The van der Waals surface area contributed by atoms with E-state index in [0.717, 1.165) is 16.4 Å². The second-order valence-corrected chi connectivity index (χ2v) is 4.63. The van der Waals surface area contributed by atoms with Gasteiger partial charge >= 0.3 is 0 Å². The highest BCUT2D eigenvalue weighted by Crippen LogP contribution is 2.46. The van der Waals surface area contributed by atoms with Crippen LogP contribution in [0.15, 0.2) is 24.3 Å². The fourth-order valence-electron chi connectivity index (χ4n) is 2.63. The first kappa shape index (κ1) is 9.66. The Hall–Kier alpha value is -1.55. The molecule has 2 atom stereocenters. The molecular weight excluding hydrogens is 206 g/mol. The Morgan fingerprint density at radius 1 is 1.50 bits per heavy atom. The number of hydrogen-bond donors (Lipinski definition) is 1. The molecule has 0 radical (unpaired) electrons. The molecule has 2 heterocycles. The largest absolute Gasteiger partial charge is 0.466 e. The van der Waals surface area contributed by atoms with E-state index in [2.05, 4.69) is 0 Å². The maximum atomic E-state index is 11.6. The van der Waals surface area contributed by atoms with Crippen LogP contribution in [0.4, 0.5) is 0 Å². The Labute approximate surface area is 93.4 Å². The predicted molar refractivity (Wildman–Crippen MR) is 56.1 cm³/mol. The summed E-state index contributed by atoms with van der Waals surface area (Å²) in [6.45, 7) is 1.74. The Balaban J connectivity index is 2.11. The summed E-state index contributed by atoms with van der Waals surface area (Å²) in [6.07, 6.45) is 0.999. The van der Waals surface area contributed by atoms with Crippen molar-refractivity contribution >= 4 is 5.91 Å². The van der Waals surface area contributed by atoms with Crippen molar-refractivity contribution in [3.8, 4) is 5.75 Å². The number of piperidine rings is 1. The minimum atomic E-state index is -0.908. The molecule has 0 spiro atoms. The van der Waals surface area contributed by atoms with Gasteiger partial charge in [-0.05, 0) is 18.6 Å². The Morgan fingerprint density at radius 2 is 2.25 bits per heavy atom. The summed E-state index contributed by atoms with van der Waals surface area (Å²) in [4.78, 5) is 11.6. The first-order chi connectivity index (χ1) is 7.60. The van der Waals surface area contributed by atoms with Crippen LogP contribution in [0.5, 0.6) is 5.75 Å². The van der Waals surface area contributed by atoms with Gasteiger partial charge in [0.15, 0.2) is 0 Å². The molecule has 0 aliphatic carbocycles. The van der Waals surface area contributed by atoms with Crippen LogP contribution in [0, 0.1) is 0 Å². The van der Waals surface area contributed by atoms with Crippen molar-refractivity contribution < 1.29 is 14.7 Å². The number of amides is 1. The summed E-state index contributed by atoms with van der Waals surface area (Å²) in [6, 6.07) is 7.71. The van der Waals surface area contributed by atoms with Gasteiger partial charge in [-0.1, -0.05) is 18.2 Å². The minimum Gasteiger partial charge on any atom is -0.466 e. The maximum Gasteiger partial charge on any atom is 0.250 e. The first-order valence-corrected chi connectivity index (χ1v) is 5.40. The zero-order valence-corrected chi connectivity index (χ0v) is 9.01. The summed E-state index contributed by atoms with van der Waals surface area (Å²) in [5.41, 5.74) is 0.162. The fourth-order valence-corrected chi connectivity index (χ4v) is 2.63. The second kappa shape index (κ2) is 2.98. The summed E-state index contributed by atoms with van der Waals surface area (Å²) < 4.78 is 5.73. The second-order valence-electron chi connectivity index (χ2n) is 4.63.